The SMILES string of the molecule is C[C@@H](Sc1nnc(-c2ccco2)n1N)C(=O)NC(=O)NCc1ccccc1. The number of amides is 3. The van der Waals surface area contributed by atoms with Gasteiger partial charge in [-0.05, 0) is 24.6 Å². The fraction of sp³-hybridized carbons (Fsp3) is 0.176. The highest BCUT2D eigenvalue weighted by Gasteiger charge is 2.22. The molecule has 1 aromatic carbocycles. The molecule has 0 unspecified atom stereocenters. The summed E-state index contributed by atoms with van der Waals surface area (Å²) in [6.45, 7) is 1.97. The molecular formula is C17H18N6O3S. The Hall–Kier alpha value is -3.27. The van der Waals surface area contributed by atoms with Gasteiger partial charge >= 0.3 is 6.03 Å². The topological polar surface area (TPSA) is 128 Å². The summed E-state index contributed by atoms with van der Waals surface area (Å²) >= 11 is 1.08. The molecule has 0 fully saturated rings. The summed E-state index contributed by atoms with van der Waals surface area (Å²) in [5.41, 5.74) is 0.934. The molecule has 2 aromatic heterocycles. The molecule has 0 spiro atoms. The Labute approximate surface area is 159 Å². The second-order valence-corrected chi connectivity index (χ2v) is 6.88. The van der Waals surface area contributed by atoms with Crippen LogP contribution in [0.2, 0.25) is 0 Å². The van der Waals surface area contributed by atoms with E-state index in [1.807, 2.05) is 30.3 Å². The van der Waals surface area contributed by atoms with Crippen molar-refractivity contribution in [3.05, 3.63) is 54.3 Å². The lowest BCUT2D eigenvalue weighted by Crippen LogP contribution is -2.42. The number of furan rings is 1. The van der Waals surface area contributed by atoms with Crippen molar-refractivity contribution in [3.8, 4) is 11.6 Å². The summed E-state index contributed by atoms with van der Waals surface area (Å²) in [4.78, 5) is 24.1. The molecule has 0 saturated carbocycles. The normalized spacial score (nSPS) is 11.7. The van der Waals surface area contributed by atoms with Gasteiger partial charge in [0, 0.05) is 6.54 Å². The number of hydrogen-bond donors (Lipinski definition) is 3. The molecule has 0 aliphatic rings. The Bertz CT molecular complexity index is 910. The number of nitrogens with two attached hydrogens (primary N) is 1. The number of nitrogens with one attached hydrogen (secondary N) is 2. The van der Waals surface area contributed by atoms with Crippen molar-refractivity contribution < 1.29 is 14.0 Å². The number of hydrogen-bond acceptors (Lipinski definition) is 7. The molecule has 0 aliphatic carbocycles. The standard InChI is InChI=1S/C17H18N6O3S/c1-11(15(24)20-16(25)19-10-12-6-3-2-4-7-12)27-17-22-21-14(23(17)18)13-8-5-9-26-13/h2-9,11H,10,18H2,1H3,(H2,19,20,24,25)/t11-/m1/s1. The highest BCUT2D eigenvalue weighted by atomic mass is 32.2. The van der Waals surface area contributed by atoms with E-state index in [1.54, 1.807) is 19.1 Å². The van der Waals surface area contributed by atoms with Gasteiger partial charge in [-0.15, -0.1) is 10.2 Å². The predicted octanol–water partition coefficient (Wildman–Crippen LogP) is 1.76. The molecule has 27 heavy (non-hydrogen) atoms. The first-order chi connectivity index (χ1) is 13.0. The van der Waals surface area contributed by atoms with Crippen molar-refractivity contribution in [2.75, 3.05) is 5.84 Å². The summed E-state index contributed by atoms with van der Waals surface area (Å²) < 4.78 is 6.48. The average Bonchev–Trinajstić information content (AvgIpc) is 3.31. The van der Waals surface area contributed by atoms with E-state index in [0.29, 0.717) is 23.3 Å². The number of nitrogen functional groups attached to an aromatic ring is 1. The molecule has 10 heteroatoms. The van der Waals surface area contributed by atoms with Crippen molar-refractivity contribution in [3.63, 3.8) is 0 Å². The summed E-state index contributed by atoms with van der Waals surface area (Å²) in [6, 6.07) is 12.2. The number of imide groups is 1. The average molecular weight is 386 g/mol. The van der Waals surface area contributed by atoms with Crippen LogP contribution in [-0.2, 0) is 11.3 Å². The highest BCUT2D eigenvalue weighted by Crippen LogP contribution is 2.24. The van der Waals surface area contributed by atoms with Crippen molar-refractivity contribution in [1.82, 2.24) is 25.5 Å². The molecular weight excluding hydrogens is 368 g/mol. The van der Waals surface area contributed by atoms with Gasteiger partial charge in [-0.3, -0.25) is 10.1 Å². The summed E-state index contributed by atoms with van der Waals surface area (Å²) in [7, 11) is 0. The van der Waals surface area contributed by atoms with Crippen LogP contribution in [0.4, 0.5) is 4.79 Å². The smallest absolute Gasteiger partial charge is 0.321 e. The lowest BCUT2D eigenvalue weighted by Gasteiger charge is -2.11. The number of urea groups is 1. The maximum Gasteiger partial charge on any atom is 0.321 e. The van der Waals surface area contributed by atoms with E-state index in [0.717, 1.165) is 17.3 Å². The molecule has 0 bridgehead atoms. The Balaban J connectivity index is 1.52. The molecule has 1 atom stereocenters. The molecule has 0 saturated heterocycles. The maximum absolute atomic E-state index is 12.2. The number of nitrogens with zero attached hydrogens (tertiary/aromatic N) is 3. The van der Waals surface area contributed by atoms with Crippen LogP contribution < -0.4 is 16.5 Å². The maximum atomic E-state index is 12.2. The third kappa shape index (κ3) is 4.67. The van der Waals surface area contributed by atoms with Gasteiger partial charge in [0.05, 0.1) is 11.5 Å². The lowest BCUT2D eigenvalue weighted by atomic mass is 10.2. The van der Waals surface area contributed by atoms with Crippen LogP contribution in [0.25, 0.3) is 11.6 Å². The van der Waals surface area contributed by atoms with Crippen molar-refractivity contribution in [2.24, 2.45) is 0 Å². The summed E-state index contributed by atoms with van der Waals surface area (Å²) in [5.74, 6) is 6.30. The Morgan fingerprint density at radius 1 is 1.22 bits per heavy atom. The molecule has 3 aromatic rings. The van der Waals surface area contributed by atoms with E-state index >= 15 is 0 Å². The molecule has 2 heterocycles. The van der Waals surface area contributed by atoms with Crippen LogP contribution in [0, 0.1) is 0 Å². The fourth-order valence-corrected chi connectivity index (χ4v) is 2.95. The zero-order chi connectivity index (χ0) is 19.2. The van der Waals surface area contributed by atoms with E-state index in [4.69, 9.17) is 10.3 Å². The molecule has 140 valence electrons. The first kappa shape index (κ1) is 18.5. The first-order valence-corrected chi connectivity index (χ1v) is 8.96. The highest BCUT2D eigenvalue weighted by molar-refractivity contribution is 8.00. The number of rotatable bonds is 6. The van der Waals surface area contributed by atoms with Crippen LogP contribution in [0.15, 0.2) is 58.3 Å². The van der Waals surface area contributed by atoms with Gasteiger partial charge in [0.25, 0.3) is 0 Å². The van der Waals surface area contributed by atoms with Crippen molar-refractivity contribution in [1.29, 1.82) is 0 Å². The minimum absolute atomic E-state index is 0.325. The van der Waals surface area contributed by atoms with E-state index in [-0.39, 0.29) is 0 Å². The summed E-state index contributed by atoms with van der Waals surface area (Å²) in [6.07, 6.45) is 1.50. The Kier molecular flexibility index (Phi) is 5.77. The second-order valence-electron chi connectivity index (χ2n) is 5.57. The van der Waals surface area contributed by atoms with Crippen molar-refractivity contribution in [2.45, 2.75) is 23.9 Å². The first-order valence-electron chi connectivity index (χ1n) is 8.08. The monoisotopic (exact) mass is 386 g/mol. The minimum atomic E-state index is -0.608. The van der Waals surface area contributed by atoms with E-state index in [2.05, 4.69) is 20.8 Å². The van der Waals surface area contributed by atoms with E-state index in [9.17, 15) is 9.59 Å². The summed E-state index contributed by atoms with van der Waals surface area (Å²) in [5, 5.41) is 12.6. The van der Waals surface area contributed by atoms with E-state index in [1.165, 1.54) is 10.9 Å². The van der Waals surface area contributed by atoms with Gasteiger partial charge in [0.1, 0.15) is 0 Å². The van der Waals surface area contributed by atoms with Crippen molar-refractivity contribution >= 4 is 23.7 Å². The molecule has 0 aliphatic heterocycles. The zero-order valence-electron chi connectivity index (χ0n) is 14.5. The van der Waals surface area contributed by atoms with Crippen LogP contribution >= 0.6 is 11.8 Å². The molecule has 4 N–H and O–H groups in total. The van der Waals surface area contributed by atoms with Crippen LogP contribution in [-0.4, -0.2) is 32.1 Å². The largest absolute Gasteiger partial charge is 0.461 e. The molecule has 9 nitrogen and oxygen atoms in total. The third-order valence-electron chi connectivity index (χ3n) is 3.59. The van der Waals surface area contributed by atoms with E-state index < -0.39 is 17.2 Å². The Morgan fingerprint density at radius 3 is 2.70 bits per heavy atom. The number of carbonyl (C=O) groups excluding carboxylic acids is 2. The minimum Gasteiger partial charge on any atom is -0.461 e. The second kappa shape index (κ2) is 8.41. The lowest BCUT2D eigenvalue weighted by molar-refractivity contribution is -0.119. The number of benzene rings is 1. The van der Waals surface area contributed by atoms with Gasteiger partial charge in [-0.1, -0.05) is 42.1 Å². The van der Waals surface area contributed by atoms with Gasteiger partial charge in [0.2, 0.25) is 16.9 Å². The van der Waals surface area contributed by atoms with Gasteiger partial charge in [0.15, 0.2) is 5.76 Å². The third-order valence-corrected chi connectivity index (χ3v) is 4.65. The fourth-order valence-electron chi connectivity index (χ4n) is 2.18. The zero-order valence-corrected chi connectivity index (χ0v) is 15.3. The van der Waals surface area contributed by atoms with Gasteiger partial charge < -0.3 is 15.6 Å². The molecule has 0 radical (unpaired) electrons. The van der Waals surface area contributed by atoms with Crippen LogP contribution in [0.3, 0.4) is 0 Å². The predicted molar refractivity (Wildman–Crippen MR) is 100 cm³/mol. The number of aromatic nitrogens is 3. The number of thioether (sulfide) groups is 1. The van der Waals surface area contributed by atoms with Gasteiger partial charge in [-0.2, -0.15) is 0 Å². The molecule has 3 amide bonds. The molecule has 3 rings (SSSR count). The number of carbonyl (C=O) groups is 2. The van der Waals surface area contributed by atoms with Gasteiger partial charge in [-0.25, -0.2) is 9.47 Å². The van der Waals surface area contributed by atoms with Crippen LogP contribution in [0.5, 0.6) is 0 Å². The quantitative estimate of drug-likeness (QED) is 0.435. The Morgan fingerprint density at radius 2 is 2.00 bits per heavy atom. The van der Waals surface area contributed by atoms with Crippen LogP contribution in [0.1, 0.15) is 12.5 Å².